The molecule has 0 fully saturated rings. The van der Waals surface area contributed by atoms with Crippen molar-refractivity contribution in [3.8, 4) is 5.88 Å². The van der Waals surface area contributed by atoms with Crippen molar-refractivity contribution in [3.63, 3.8) is 0 Å². The third-order valence-electron chi connectivity index (χ3n) is 6.42. The first-order valence-electron chi connectivity index (χ1n) is 10.6. The Hall–Kier alpha value is -2.55. The third-order valence-corrected chi connectivity index (χ3v) is 7.88. The van der Waals surface area contributed by atoms with E-state index >= 15 is 0 Å². The van der Waals surface area contributed by atoms with E-state index in [1.165, 1.54) is 11.1 Å². The Morgan fingerprint density at radius 3 is 2.90 bits per heavy atom. The van der Waals surface area contributed by atoms with Crippen LogP contribution in [0.25, 0.3) is 0 Å². The minimum absolute atomic E-state index is 0.0607. The first-order chi connectivity index (χ1) is 14.3. The molecular weight excluding hydrogens is 404 g/mol. The summed E-state index contributed by atoms with van der Waals surface area (Å²) >= 11 is 0. The van der Waals surface area contributed by atoms with Crippen LogP contribution in [0.4, 0.5) is 10.5 Å². The van der Waals surface area contributed by atoms with E-state index in [-0.39, 0.29) is 10.8 Å². The van der Waals surface area contributed by atoms with Gasteiger partial charge in [0, 0.05) is 18.7 Å². The fourth-order valence-electron chi connectivity index (χ4n) is 5.03. The molecule has 0 radical (unpaired) electrons. The van der Waals surface area contributed by atoms with Crippen LogP contribution in [0.3, 0.4) is 0 Å². The van der Waals surface area contributed by atoms with Gasteiger partial charge in [0.05, 0.1) is 12.3 Å². The van der Waals surface area contributed by atoms with Crippen molar-refractivity contribution in [1.82, 2.24) is 14.5 Å². The topological polar surface area (TPSA) is 102 Å². The maximum absolute atomic E-state index is 13.0. The standard InChI is InChI=1S/C21H26N4O4S/c1-12-7-8-16-17(12)11-14-5-3-6-15(14)18(16)22-21(26)24-30(27,28)19-13(2)23-25-9-4-10-29-20(19)25/h11-12H,3-10H2,1-2H3,(H2,22,24,26). The van der Waals surface area contributed by atoms with Gasteiger partial charge >= 0.3 is 6.03 Å². The van der Waals surface area contributed by atoms with E-state index in [0.29, 0.717) is 24.8 Å². The van der Waals surface area contributed by atoms with Crippen LogP contribution in [-0.4, -0.2) is 30.8 Å². The zero-order valence-electron chi connectivity index (χ0n) is 17.2. The van der Waals surface area contributed by atoms with Crippen molar-refractivity contribution in [2.24, 2.45) is 0 Å². The van der Waals surface area contributed by atoms with Gasteiger partial charge in [0.2, 0.25) is 5.88 Å². The molecule has 2 heterocycles. The van der Waals surface area contributed by atoms with Gasteiger partial charge < -0.3 is 10.1 Å². The third kappa shape index (κ3) is 3.07. The summed E-state index contributed by atoms with van der Waals surface area (Å²) in [4.78, 5) is 12.8. The van der Waals surface area contributed by atoms with Gasteiger partial charge in [-0.1, -0.05) is 13.0 Å². The molecule has 1 aromatic carbocycles. The van der Waals surface area contributed by atoms with Crippen LogP contribution < -0.4 is 14.8 Å². The highest BCUT2D eigenvalue weighted by atomic mass is 32.2. The normalized spacial score (nSPS) is 19.6. The lowest BCUT2D eigenvalue weighted by Crippen LogP contribution is -2.35. The molecule has 2 aliphatic carbocycles. The number of fused-ring (bicyclic) bond motifs is 3. The van der Waals surface area contributed by atoms with Crippen molar-refractivity contribution >= 4 is 21.7 Å². The summed E-state index contributed by atoms with van der Waals surface area (Å²) in [5, 5.41) is 7.14. The Morgan fingerprint density at radius 2 is 2.07 bits per heavy atom. The Morgan fingerprint density at radius 1 is 1.23 bits per heavy atom. The van der Waals surface area contributed by atoms with E-state index < -0.39 is 16.1 Å². The van der Waals surface area contributed by atoms with Gasteiger partial charge in [0.1, 0.15) is 0 Å². The molecule has 2 aromatic rings. The SMILES string of the molecule is Cc1nn2c(c1S(=O)(=O)NC(=O)Nc1c3c(cc4c1CCC4C)CCC3)OCCC2. The van der Waals surface area contributed by atoms with Gasteiger partial charge in [-0.15, -0.1) is 0 Å². The van der Waals surface area contributed by atoms with Gasteiger partial charge in [-0.05, 0) is 67.2 Å². The highest BCUT2D eigenvalue weighted by molar-refractivity contribution is 7.90. The number of aromatic nitrogens is 2. The molecule has 30 heavy (non-hydrogen) atoms. The smallest absolute Gasteiger partial charge is 0.333 e. The van der Waals surface area contributed by atoms with Crippen molar-refractivity contribution in [2.45, 2.75) is 69.7 Å². The molecule has 160 valence electrons. The lowest BCUT2D eigenvalue weighted by molar-refractivity contribution is 0.224. The predicted octanol–water partition coefficient (Wildman–Crippen LogP) is 3.02. The Bertz CT molecular complexity index is 1150. The zero-order chi connectivity index (χ0) is 21.0. The maximum atomic E-state index is 13.0. The van der Waals surface area contributed by atoms with Gasteiger partial charge in [-0.2, -0.15) is 5.10 Å². The lowest BCUT2D eigenvalue weighted by Gasteiger charge is -2.18. The molecule has 2 amide bonds. The number of aryl methyl sites for hydroxylation is 3. The minimum atomic E-state index is -4.12. The number of rotatable bonds is 3. The van der Waals surface area contributed by atoms with Crippen LogP contribution in [0.5, 0.6) is 5.88 Å². The Labute approximate surface area is 176 Å². The van der Waals surface area contributed by atoms with Crippen molar-refractivity contribution in [3.05, 3.63) is 34.0 Å². The molecule has 2 N–H and O–H groups in total. The van der Waals surface area contributed by atoms with Crippen molar-refractivity contribution in [1.29, 1.82) is 0 Å². The number of anilines is 1. The largest absolute Gasteiger partial charge is 0.477 e. The average Bonchev–Trinajstić information content (AvgIpc) is 3.38. The number of benzene rings is 1. The Kier molecular flexibility index (Phi) is 4.53. The highest BCUT2D eigenvalue weighted by Gasteiger charge is 2.33. The average molecular weight is 431 g/mol. The molecular formula is C21H26N4O4S. The fourth-order valence-corrected chi connectivity index (χ4v) is 6.25. The number of ether oxygens (including phenoxy) is 1. The monoisotopic (exact) mass is 430 g/mol. The molecule has 3 aliphatic rings. The van der Waals surface area contributed by atoms with Crippen LogP contribution in [0.1, 0.15) is 60.1 Å². The quantitative estimate of drug-likeness (QED) is 0.779. The number of carbonyl (C=O) groups is 1. The lowest BCUT2D eigenvalue weighted by atomic mass is 9.96. The first kappa shape index (κ1) is 19.4. The molecule has 1 aliphatic heterocycles. The molecule has 5 rings (SSSR count). The fraction of sp³-hybridized carbons (Fsp3) is 0.524. The maximum Gasteiger partial charge on any atom is 0.333 e. The first-order valence-corrected chi connectivity index (χ1v) is 12.0. The van der Waals surface area contributed by atoms with Crippen LogP contribution in [-0.2, 0) is 35.8 Å². The molecule has 1 aromatic heterocycles. The number of hydrogen-bond acceptors (Lipinski definition) is 5. The van der Waals surface area contributed by atoms with Crippen LogP contribution in [0.2, 0.25) is 0 Å². The molecule has 9 heteroatoms. The van der Waals surface area contributed by atoms with E-state index in [1.54, 1.807) is 11.6 Å². The van der Waals surface area contributed by atoms with Gasteiger partial charge in [0.25, 0.3) is 10.0 Å². The summed E-state index contributed by atoms with van der Waals surface area (Å²) in [7, 11) is -4.12. The Balaban J connectivity index is 1.44. The highest BCUT2D eigenvalue weighted by Crippen LogP contribution is 2.43. The summed E-state index contributed by atoms with van der Waals surface area (Å²) < 4.78 is 35.3. The van der Waals surface area contributed by atoms with Gasteiger partial charge in [0.15, 0.2) is 4.90 Å². The number of carbonyl (C=O) groups excluding carboxylic acids is 1. The van der Waals surface area contributed by atoms with Crippen LogP contribution in [0, 0.1) is 6.92 Å². The van der Waals surface area contributed by atoms with E-state index in [4.69, 9.17) is 4.74 Å². The van der Waals surface area contributed by atoms with E-state index in [2.05, 4.69) is 28.1 Å². The summed E-state index contributed by atoms with van der Waals surface area (Å²) in [5.74, 6) is 0.659. The van der Waals surface area contributed by atoms with Crippen LogP contribution >= 0.6 is 0 Å². The van der Waals surface area contributed by atoms with Crippen molar-refractivity contribution < 1.29 is 17.9 Å². The molecule has 8 nitrogen and oxygen atoms in total. The van der Waals surface area contributed by atoms with Gasteiger partial charge in [-0.3, -0.25) is 0 Å². The molecule has 0 saturated carbocycles. The second-order valence-corrected chi connectivity index (χ2v) is 10.1. The molecule has 0 bridgehead atoms. The number of hydrogen-bond donors (Lipinski definition) is 2. The second-order valence-electron chi connectivity index (χ2n) is 8.45. The summed E-state index contributed by atoms with van der Waals surface area (Å²) in [6.07, 6.45) is 5.68. The molecule has 0 spiro atoms. The molecule has 0 saturated heterocycles. The summed E-state index contributed by atoms with van der Waals surface area (Å²) in [6, 6.07) is 1.54. The van der Waals surface area contributed by atoms with Gasteiger partial charge in [-0.25, -0.2) is 22.6 Å². The van der Waals surface area contributed by atoms with E-state index in [0.717, 1.165) is 55.3 Å². The van der Waals surface area contributed by atoms with E-state index in [1.807, 2.05) is 0 Å². The number of sulfonamides is 1. The zero-order valence-corrected chi connectivity index (χ0v) is 18.1. The number of amides is 2. The minimum Gasteiger partial charge on any atom is -0.477 e. The molecule has 1 atom stereocenters. The molecule has 1 unspecified atom stereocenters. The predicted molar refractivity (Wildman–Crippen MR) is 112 cm³/mol. The number of nitrogens with zero attached hydrogens (tertiary/aromatic N) is 2. The van der Waals surface area contributed by atoms with E-state index in [9.17, 15) is 13.2 Å². The number of urea groups is 1. The summed E-state index contributed by atoms with van der Waals surface area (Å²) in [5.41, 5.74) is 5.99. The van der Waals surface area contributed by atoms with Crippen LogP contribution in [0.15, 0.2) is 11.0 Å². The second kappa shape index (κ2) is 7.01. The summed E-state index contributed by atoms with van der Waals surface area (Å²) in [6.45, 7) is 4.84. The number of nitrogens with one attached hydrogen (secondary N) is 2. The van der Waals surface area contributed by atoms with Crippen molar-refractivity contribution in [2.75, 3.05) is 11.9 Å².